The number of carbonyl (C=O) groups excluding carboxylic acids is 2. The predicted molar refractivity (Wildman–Crippen MR) is 172 cm³/mol. The highest BCUT2D eigenvalue weighted by atomic mass is 16.5. The molecule has 0 atom stereocenters. The van der Waals surface area contributed by atoms with E-state index in [2.05, 4.69) is 10.8 Å². The Kier molecular flexibility index (Phi) is 36.3. The molecule has 2 rings (SSSR count). The maximum atomic E-state index is 12.4. The van der Waals surface area contributed by atoms with Crippen LogP contribution in [0.15, 0.2) is 30.4 Å². The molecular formula is C32H61N3O7. The molecule has 42 heavy (non-hydrogen) atoms. The number of esters is 1. The number of hydrogen-bond acceptors (Lipinski definition) is 9. The Balaban J connectivity index is -0.000000992. The number of nitrogens with two attached hydrogens (primary N) is 2. The van der Waals surface area contributed by atoms with Crippen LogP contribution in [0.3, 0.4) is 0 Å². The molecule has 10 heteroatoms. The Labute approximate surface area is 256 Å². The SMILES string of the molecule is C/C=C\C.CC.CC.COC(C)=O.NCCCOc1ccc2c(c1)CN(CCOCCOCCOCCN)C(=O)CC2. The number of rotatable bonds is 15. The Morgan fingerprint density at radius 2 is 1.38 bits per heavy atom. The third-order valence-electron chi connectivity index (χ3n) is 5.25. The lowest BCUT2D eigenvalue weighted by atomic mass is 10.0. The number of nitrogens with zero attached hydrogens (tertiary/aromatic N) is 1. The largest absolute Gasteiger partial charge is 0.494 e. The summed E-state index contributed by atoms with van der Waals surface area (Å²) in [5, 5.41) is 0. The zero-order valence-electron chi connectivity index (χ0n) is 27.7. The molecule has 1 aliphatic rings. The van der Waals surface area contributed by atoms with Gasteiger partial charge in [-0.3, -0.25) is 9.59 Å². The number of benzene rings is 1. The second kappa shape index (κ2) is 34.7. The monoisotopic (exact) mass is 599 g/mol. The van der Waals surface area contributed by atoms with Crippen molar-refractivity contribution in [3.8, 4) is 5.75 Å². The van der Waals surface area contributed by atoms with Crippen LogP contribution in [0.4, 0.5) is 0 Å². The molecule has 4 N–H and O–H groups in total. The van der Waals surface area contributed by atoms with Crippen LogP contribution in [0.2, 0.25) is 0 Å². The van der Waals surface area contributed by atoms with Gasteiger partial charge in [0.25, 0.3) is 0 Å². The van der Waals surface area contributed by atoms with Gasteiger partial charge in [0.1, 0.15) is 5.75 Å². The predicted octanol–water partition coefficient (Wildman–Crippen LogP) is 4.51. The van der Waals surface area contributed by atoms with Crippen molar-refractivity contribution in [2.75, 3.05) is 73.0 Å². The zero-order chi connectivity index (χ0) is 32.4. The number of methoxy groups -OCH3 is 1. The van der Waals surface area contributed by atoms with E-state index in [4.69, 9.17) is 30.4 Å². The molecule has 0 spiro atoms. The fraction of sp³-hybridized carbons (Fsp3) is 0.688. The van der Waals surface area contributed by atoms with Gasteiger partial charge < -0.3 is 40.1 Å². The van der Waals surface area contributed by atoms with Crippen LogP contribution in [0, 0.1) is 0 Å². The van der Waals surface area contributed by atoms with Gasteiger partial charge >= 0.3 is 5.97 Å². The van der Waals surface area contributed by atoms with Gasteiger partial charge in [0.15, 0.2) is 0 Å². The van der Waals surface area contributed by atoms with Crippen molar-refractivity contribution >= 4 is 11.9 Å². The topological polar surface area (TPSA) is 136 Å². The molecule has 0 fully saturated rings. The van der Waals surface area contributed by atoms with E-state index in [9.17, 15) is 9.59 Å². The van der Waals surface area contributed by atoms with E-state index in [1.165, 1.54) is 19.6 Å². The van der Waals surface area contributed by atoms with Gasteiger partial charge in [0, 0.05) is 33.0 Å². The molecule has 10 nitrogen and oxygen atoms in total. The number of aryl methyl sites for hydroxylation is 1. The second-order valence-electron chi connectivity index (χ2n) is 8.22. The van der Waals surface area contributed by atoms with Crippen molar-refractivity contribution < 1.29 is 33.3 Å². The number of allylic oxidation sites excluding steroid dienone is 2. The van der Waals surface area contributed by atoms with Gasteiger partial charge in [-0.2, -0.15) is 0 Å². The molecule has 0 unspecified atom stereocenters. The Bertz CT molecular complexity index is 772. The van der Waals surface area contributed by atoms with Crippen LogP contribution in [0.5, 0.6) is 5.75 Å². The molecule has 1 aromatic carbocycles. The summed E-state index contributed by atoms with van der Waals surface area (Å²) in [7, 11) is 1.35. The van der Waals surface area contributed by atoms with Crippen molar-refractivity contribution in [1.29, 1.82) is 0 Å². The molecule has 1 aromatic rings. The number of hydrogen-bond donors (Lipinski definition) is 2. The van der Waals surface area contributed by atoms with Crippen LogP contribution in [-0.2, 0) is 41.5 Å². The summed E-state index contributed by atoms with van der Waals surface area (Å²) in [6.07, 6.45) is 6.10. The average Bonchev–Trinajstić information content (AvgIpc) is 3.18. The van der Waals surface area contributed by atoms with Crippen molar-refractivity contribution in [2.24, 2.45) is 11.5 Å². The van der Waals surface area contributed by atoms with E-state index in [1.807, 2.05) is 70.7 Å². The van der Waals surface area contributed by atoms with E-state index < -0.39 is 0 Å². The van der Waals surface area contributed by atoms with E-state index in [-0.39, 0.29) is 11.9 Å². The Hall–Kier alpha value is -2.50. The summed E-state index contributed by atoms with van der Waals surface area (Å²) in [6, 6.07) is 6.08. The highest BCUT2D eigenvalue weighted by Gasteiger charge is 2.20. The summed E-state index contributed by atoms with van der Waals surface area (Å²) in [5.41, 5.74) is 13.2. The summed E-state index contributed by atoms with van der Waals surface area (Å²) < 4.78 is 26.1. The van der Waals surface area contributed by atoms with Crippen LogP contribution in [-0.4, -0.2) is 89.8 Å². The molecule has 0 aliphatic carbocycles. The average molecular weight is 600 g/mol. The first-order valence-corrected chi connectivity index (χ1v) is 15.2. The van der Waals surface area contributed by atoms with Crippen molar-refractivity contribution in [2.45, 2.75) is 74.3 Å². The molecule has 0 aromatic heterocycles. The van der Waals surface area contributed by atoms with Crippen molar-refractivity contribution in [3.05, 3.63) is 41.5 Å². The van der Waals surface area contributed by atoms with Gasteiger partial charge in [0.05, 0.1) is 53.4 Å². The highest BCUT2D eigenvalue weighted by Crippen LogP contribution is 2.24. The fourth-order valence-corrected chi connectivity index (χ4v) is 3.05. The Morgan fingerprint density at radius 1 is 0.833 bits per heavy atom. The summed E-state index contributed by atoms with van der Waals surface area (Å²) >= 11 is 0. The van der Waals surface area contributed by atoms with Gasteiger partial charge in [-0.15, -0.1) is 0 Å². The van der Waals surface area contributed by atoms with Gasteiger partial charge in [-0.1, -0.05) is 45.9 Å². The lowest BCUT2D eigenvalue weighted by Crippen LogP contribution is -2.32. The van der Waals surface area contributed by atoms with Crippen LogP contribution >= 0.6 is 0 Å². The molecule has 0 radical (unpaired) electrons. The van der Waals surface area contributed by atoms with Gasteiger partial charge in [-0.05, 0) is 56.5 Å². The first kappa shape index (κ1) is 43.9. The van der Waals surface area contributed by atoms with Crippen molar-refractivity contribution in [1.82, 2.24) is 4.90 Å². The second-order valence-corrected chi connectivity index (χ2v) is 8.22. The number of fused-ring (bicyclic) bond motifs is 1. The quantitative estimate of drug-likeness (QED) is 0.170. The third-order valence-corrected chi connectivity index (χ3v) is 5.25. The standard InChI is InChI=1S/C21H35N3O5.C4H8.C3H6O2.2C2H6/c22-6-1-9-29-20-4-2-18-3-5-21(25)24(17-19(18)16-20)8-11-27-13-15-28-14-12-26-10-7-23;1-3-4-2;1-3(4)5-2;2*1-2/h2,4,16H,1,3,5-15,17,22-23H2;3-4H,1-2H3;1-2H3;2*1-2H3/b;4-3-;;;. The van der Waals surface area contributed by atoms with Crippen LogP contribution in [0.1, 0.15) is 72.4 Å². The molecule has 1 amide bonds. The molecule has 246 valence electrons. The minimum Gasteiger partial charge on any atom is -0.494 e. The molecule has 1 heterocycles. The fourth-order valence-electron chi connectivity index (χ4n) is 3.05. The molecule has 0 saturated heterocycles. The lowest BCUT2D eigenvalue weighted by molar-refractivity contribution is -0.138. The lowest BCUT2D eigenvalue weighted by Gasteiger charge is -2.21. The van der Waals surface area contributed by atoms with E-state index in [1.54, 1.807) is 0 Å². The van der Waals surface area contributed by atoms with Gasteiger partial charge in [0.2, 0.25) is 5.91 Å². The maximum Gasteiger partial charge on any atom is 0.302 e. The first-order valence-electron chi connectivity index (χ1n) is 15.2. The van der Waals surface area contributed by atoms with E-state index in [0.717, 1.165) is 24.2 Å². The number of amides is 1. The van der Waals surface area contributed by atoms with E-state index in [0.29, 0.717) is 78.8 Å². The van der Waals surface area contributed by atoms with E-state index >= 15 is 0 Å². The summed E-state index contributed by atoms with van der Waals surface area (Å²) in [4.78, 5) is 23.9. The minimum absolute atomic E-state index is 0.156. The molecule has 0 bridgehead atoms. The molecular weight excluding hydrogens is 538 g/mol. The van der Waals surface area contributed by atoms with Gasteiger partial charge in [-0.25, -0.2) is 0 Å². The van der Waals surface area contributed by atoms with Crippen LogP contribution < -0.4 is 16.2 Å². The molecule has 0 saturated carbocycles. The Morgan fingerprint density at radius 3 is 1.88 bits per heavy atom. The molecule has 1 aliphatic heterocycles. The number of ether oxygens (including phenoxy) is 5. The minimum atomic E-state index is -0.245. The summed E-state index contributed by atoms with van der Waals surface area (Å²) in [6.45, 7) is 19.3. The number of carbonyl (C=O) groups is 2. The smallest absolute Gasteiger partial charge is 0.302 e. The van der Waals surface area contributed by atoms with Crippen LogP contribution in [0.25, 0.3) is 0 Å². The van der Waals surface area contributed by atoms with Crippen molar-refractivity contribution in [3.63, 3.8) is 0 Å². The summed E-state index contributed by atoms with van der Waals surface area (Å²) in [5.74, 6) is 0.740. The maximum absolute atomic E-state index is 12.4. The normalized spacial score (nSPS) is 11.7. The third kappa shape index (κ3) is 26.4. The highest BCUT2D eigenvalue weighted by molar-refractivity contribution is 5.77. The first-order chi connectivity index (χ1) is 20.4. The zero-order valence-corrected chi connectivity index (χ0v) is 27.7.